The molecule has 2 aliphatic carbocycles. The fourth-order valence-corrected chi connectivity index (χ4v) is 8.31. The van der Waals surface area contributed by atoms with Gasteiger partial charge in [-0.3, -0.25) is 9.36 Å². The second-order valence-corrected chi connectivity index (χ2v) is 14.0. The first kappa shape index (κ1) is 31.7. The molecule has 0 unspecified atom stereocenters. The molecule has 4 heterocycles. The maximum absolute atomic E-state index is 12.2. The number of carbonyl (C=O) groups excluding carboxylic acids is 4. The Morgan fingerprint density at radius 2 is 0.909 bits per heavy atom. The van der Waals surface area contributed by atoms with Crippen molar-refractivity contribution in [2.75, 3.05) is 28.4 Å². The molecule has 240 valence electrons. The molecule has 0 saturated heterocycles. The molecular formula is C32H44N4O8. The van der Waals surface area contributed by atoms with E-state index in [1.165, 1.54) is 28.4 Å². The number of hydrogen-bond acceptors (Lipinski definition) is 10. The predicted octanol–water partition coefficient (Wildman–Crippen LogP) is 4.33. The number of esters is 4. The molecule has 0 spiro atoms. The van der Waals surface area contributed by atoms with Crippen molar-refractivity contribution in [3.8, 4) is 0 Å². The van der Waals surface area contributed by atoms with Gasteiger partial charge in [0.1, 0.15) is 11.1 Å². The fraction of sp³-hybridized carbons (Fsp3) is 0.688. The molecule has 2 fully saturated rings. The quantitative estimate of drug-likeness (QED) is 0.362. The number of methoxy groups -OCH3 is 4. The summed E-state index contributed by atoms with van der Waals surface area (Å²) < 4.78 is 23.1. The molecule has 12 nitrogen and oxygen atoms in total. The lowest BCUT2D eigenvalue weighted by atomic mass is 9.67. The van der Waals surface area contributed by atoms with Crippen molar-refractivity contribution in [2.24, 2.45) is 22.7 Å². The summed E-state index contributed by atoms with van der Waals surface area (Å²) in [4.78, 5) is 48.5. The Morgan fingerprint density at radius 1 is 0.591 bits per heavy atom. The van der Waals surface area contributed by atoms with E-state index in [1.807, 2.05) is 9.36 Å². The Bertz CT molecular complexity index is 1440. The van der Waals surface area contributed by atoms with Crippen molar-refractivity contribution in [2.45, 2.75) is 91.1 Å². The number of carbonyl (C=O) groups is 4. The molecule has 44 heavy (non-hydrogen) atoms. The normalized spacial score (nSPS) is 28.1. The number of aromatic nitrogens is 4. The highest BCUT2D eigenvalue weighted by Crippen LogP contribution is 2.60. The molecule has 4 atom stereocenters. The van der Waals surface area contributed by atoms with Gasteiger partial charge in [0.25, 0.3) is 0 Å². The Balaban J connectivity index is 0.000000175. The van der Waals surface area contributed by atoms with Crippen LogP contribution in [0.3, 0.4) is 0 Å². The zero-order chi connectivity index (χ0) is 32.6. The largest absolute Gasteiger partial charge is 0.465 e. The Hall–Kier alpha value is -3.70. The SMILES string of the molecule is COC(=O)c1nn2c(c1C(=O)OC)C[C@H]1CC[C@]2(C)C1(C)C.COC(=O)c1nn2c(c1C(=O)OC)C[C@H]1CC[C@]2(C)C1(C)C. The minimum Gasteiger partial charge on any atom is -0.465 e. The van der Waals surface area contributed by atoms with Crippen molar-refractivity contribution in [3.63, 3.8) is 0 Å². The van der Waals surface area contributed by atoms with Gasteiger partial charge in [-0.1, -0.05) is 27.7 Å². The first-order valence-electron chi connectivity index (χ1n) is 15.1. The number of ether oxygens (including phenoxy) is 4. The van der Waals surface area contributed by atoms with Crippen LogP contribution >= 0.6 is 0 Å². The summed E-state index contributed by atoms with van der Waals surface area (Å²) in [5, 5.41) is 8.96. The molecule has 2 saturated carbocycles. The highest BCUT2D eigenvalue weighted by atomic mass is 16.5. The molecule has 4 bridgehead atoms. The highest BCUT2D eigenvalue weighted by Gasteiger charge is 2.59. The minimum absolute atomic E-state index is 0.0623. The highest BCUT2D eigenvalue weighted by molar-refractivity contribution is 6.03. The van der Waals surface area contributed by atoms with Crippen molar-refractivity contribution in [1.82, 2.24) is 19.6 Å². The van der Waals surface area contributed by atoms with Crippen molar-refractivity contribution >= 4 is 23.9 Å². The van der Waals surface area contributed by atoms with E-state index in [0.717, 1.165) is 49.9 Å². The summed E-state index contributed by atoms with van der Waals surface area (Å²) in [6.07, 6.45) is 5.64. The van der Waals surface area contributed by atoms with E-state index in [4.69, 9.17) is 18.9 Å². The molecule has 6 rings (SSSR count). The van der Waals surface area contributed by atoms with Crippen LogP contribution in [0.15, 0.2) is 0 Å². The number of hydrogen-bond donors (Lipinski definition) is 0. The summed E-state index contributed by atoms with van der Waals surface area (Å²) in [5.74, 6) is -1.31. The standard InChI is InChI=1S/2C16H22N2O4/c2*1-15(2)9-6-7-16(15,3)18-10(8-9)11(13(19)21-4)12(17-18)14(20)22-5/h2*9H,6-8H2,1-5H3/t2*9-,16-/m11/s1. The van der Waals surface area contributed by atoms with Crippen LogP contribution in [0.1, 0.15) is 120 Å². The van der Waals surface area contributed by atoms with Gasteiger partial charge in [0.05, 0.1) is 50.9 Å². The molecule has 0 radical (unpaired) electrons. The van der Waals surface area contributed by atoms with Gasteiger partial charge >= 0.3 is 23.9 Å². The maximum Gasteiger partial charge on any atom is 0.359 e. The van der Waals surface area contributed by atoms with Crippen molar-refractivity contribution in [3.05, 3.63) is 33.9 Å². The zero-order valence-corrected chi connectivity index (χ0v) is 27.5. The van der Waals surface area contributed by atoms with Crippen LogP contribution in [-0.4, -0.2) is 71.9 Å². The molecule has 4 aliphatic rings. The molecule has 0 amide bonds. The zero-order valence-electron chi connectivity index (χ0n) is 27.5. The van der Waals surface area contributed by atoms with Crippen LogP contribution in [0, 0.1) is 22.7 Å². The Morgan fingerprint density at radius 3 is 1.20 bits per heavy atom. The van der Waals surface area contributed by atoms with E-state index in [0.29, 0.717) is 11.8 Å². The third-order valence-corrected chi connectivity index (χ3v) is 12.1. The second kappa shape index (κ2) is 10.4. The number of rotatable bonds is 4. The van der Waals surface area contributed by atoms with Crippen LogP contribution < -0.4 is 0 Å². The number of fused-ring (bicyclic) bond motifs is 8. The lowest BCUT2D eigenvalue weighted by Crippen LogP contribution is -2.48. The van der Waals surface area contributed by atoms with Crippen LogP contribution in [0.4, 0.5) is 0 Å². The first-order chi connectivity index (χ1) is 20.5. The summed E-state index contributed by atoms with van der Waals surface area (Å²) in [6, 6.07) is 0. The fourth-order valence-electron chi connectivity index (χ4n) is 8.31. The van der Waals surface area contributed by atoms with Gasteiger partial charge < -0.3 is 18.9 Å². The van der Waals surface area contributed by atoms with Gasteiger partial charge in [-0.25, -0.2) is 19.2 Å². The van der Waals surface area contributed by atoms with Crippen LogP contribution in [0.25, 0.3) is 0 Å². The van der Waals surface area contributed by atoms with Gasteiger partial charge in [0.15, 0.2) is 11.4 Å². The van der Waals surface area contributed by atoms with E-state index in [-0.39, 0.29) is 44.4 Å². The van der Waals surface area contributed by atoms with Crippen molar-refractivity contribution < 1.29 is 38.1 Å². The molecule has 0 N–H and O–H groups in total. The topological polar surface area (TPSA) is 141 Å². The first-order valence-corrected chi connectivity index (χ1v) is 15.1. The van der Waals surface area contributed by atoms with Gasteiger partial charge in [0.2, 0.25) is 0 Å². The van der Waals surface area contributed by atoms with E-state index in [2.05, 4.69) is 51.7 Å². The monoisotopic (exact) mass is 612 g/mol. The van der Waals surface area contributed by atoms with Crippen LogP contribution in [-0.2, 0) is 42.9 Å². The second-order valence-electron chi connectivity index (χ2n) is 14.0. The Kier molecular flexibility index (Phi) is 7.53. The summed E-state index contributed by atoms with van der Waals surface area (Å²) in [7, 11) is 5.21. The average Bonchev–Trinajstić information content (AvgIpc) is 3.63. The van der Waals surface area contributed by atoms with Gasteiger partial charge in [0, 0.05) is 0 Å². The average molecular weight is 613 g/mol. The third-order valence-electron chi connectivity index (χ3n) is 12.1. The number of nitrogens with zero attached hydrogens (tertiary/aromatic N) is 4. The molecule has 0 aromatic carbocycles. The smallest absolute Gasteiger partial charge is 0.359 e. The predicted molar refractivity (Wildman–Crippen MR) is 158 cm³/mol. The maximum atomic E-state index is 12.2. The molecule has 12 heteroatoms. The third kappa shape index (κ3) is 4.08. The minimum atomic E-state index is -0.598. The van der Waals surface area contributed by atoms with Crippen molar-refractivity contribution in [1.29, 1.82) is 0 Å². The van der Waals surface area contributed by atoms with E-state index in [1.54, 1.807) is 0 Å². The molecule has 2 aromatic heterocycles. The van der Waals surface area contributed by atoms with E-state index in [9.17, 15) is 19.2 Å². The molecular weight excluding hydrogens is 568 g/mol. The summed E-state index contributed by atoms with van der Waals surface area (Å²) in [6.45, 7) is 13.3. The van der Waals surface area contributed by atoms with Gasteiger partial charge in [-0.05, 0) is 75.0 Å². The molecule has 2 aromatic rings. The lowest BCUT2D eigenvalue weighted by molar-refractivity contribution is 0.0519. The van der Waals surface area contributed by atoms with Crippen LogP contribution in [0.2, 0.25) is 0 Å². The summed E-state index contributed by atoms with van der Waals surface area (Å²) >= 11 is 0. The summed E-state index contributed by atoms with van der Waals surface area (Å²) in [5.41, 5.74) is 1.97. The van der Waals surface area contributed by atoms with Gasteiger partial charge in [-0.2, -0.15) is 10.2 Å². The Labute approximate surface area is 257 Å². The molecule has 2 aliphatic heterocycles. The van der Waals surface area contributed by atoms with E-state index < -0.39 is 23.9 Å². The lowest BCUT2D eigenvalue weighted by Gasteiger charge is -2.46. The van der Waals surface area contributed by atoms with Gasteiger partial charge in [-0.15, -0.1) is 0 Å². The van der Waals surface area contributed by atoms with Crippen LogP contribution in [0.5, 0.6) is 0 Å². The van der Waals surface area contributed by atoms with E-state index >= 15 is 0 Å².